The zero-order chi connectivity index (χ0) is 13.7. The Labute approximate surface area is 139 Å². The molecule has 0 bridgehead atoms. The maximum absolute atomic E-state index is 12.0. The van der Waals surface area contributed by atoms with Crippen LogP contribution in [0.2, 0.25) is 5.02 Å². The highest BCUT2D eigenvalue weighted by atomic mass is 79.9. The van der Waals surface area contributed by atoms with E-state index in [0.717, 1.165) is 24.0 Å². The zero-order valence-electron chi connectivity index (χ0n) is 11.1. The van der Waals surface area contributed by atoms with Gasteiger partial charge in [-0.15, -0.1) is 12.4 Å². The van der Waals surface area contributed by atoms with Crippen LogP contribution in [-0.4, -0.2) is 25.5 Å². The van der Waals surface area contributed by atoms with Crippen molar-refractivity contribution in [3.63, 3.8) is 0 Å². The van der Waals surface area contributed by atoms with Gasteiger partial charge in [0.15, 0.2) is 0 Å². The summed E-state index contributed by atoms with van der Waals surface area (Å²) in [5.74, 6) is 0.571. The van der Waals surface area contributed by atoms with Gasteiger partial charge in [-0.2, -0.15) is 0 Å². The zero-order valence-corrected chi connectivity index (χ0v) is 14.3. The van der Waals surface area contributed by atoms with Crippen LogP contribution in [0.3, 0.4) is 0 Å². The lowest BCUT2D eigenvalue weighted by Crippen LogP contribution is -2.33. The Balaban J connectivity index is 0.00000200. The standard InChI is InChI=1S/C14H18BrClN2O.ClH/c15-12-5-1-4-11(13(12)16)14(19)18-8-6-10-3-2-7-17-9-10;/h1,4-5,10,17H,2-3,6-9H2,(H,18,19);1H. The van der Waals surface area contributed by atoms with E-state index in [1.165, 1.54) is 12.8 Å². The predicted octanol–water partition coefficient (Wildman–Crippen LogP) is 3.64. The van der Waals surface area contributed by atoms with Crippen molar-refractivity contribution in [3.05, 3.63) is 33.3 Å². The van der Waals surface area contributed by atoms with Crippen molar-refractivity contribution in [2.75, 3.05) is 19.6 Å². The average Bonchev–Trinajstić information content (AvgIpc) is 2.43. The molecule has 20 heavy (non-hydrogen) atoms. The van der Waals surface area contributed by atoms with E-state index >= 15 is 0 Å². The Hall–Kier alpha value is -0.290. The number of carbonyl (C=O) groups is 1. The van der Waals surface area contributed by atoms with Gasteiger partial charge in [0.2, 0.25) is 0 Å². The second-order valence-electron chi connectivity index (χ2n) is 4.86. The van der Waals surface area contributed by atoms with Crippen LogP contribution >= 0.6 is 39.9 Å². The van der Waals surface area contributed by atoms with Crippen molar-refractivity contribution in [2.45, 2.75) is 19.3 Å². The Morgan fingerprint density at radius 2 is 2.30 bits per heavy atom. The van der Waals surface area contributed by atoms with Crippen molar-refractivity contribution in [1.82, 2.24) is 10.6 Å². The number of benzene rings is 1. The Morgan fingerprint density at radius 3 is 3.00 bits per heavy atom. The number of amides is 1. The molecule has 1 aromatic rings. The molecule has 0 aliphatic carbocycles. The lowest BCUT2D eigenvalue weighted by molar-refractivity contribution is 0.0950. The van der Waals surface area contributed by atoms with Gasteiger partial charge < -0.3 is 10.6 Å². The molecule has 1 aromatic carbocycles. The minimum Gasteiger partial charge on any atom is -0.352 e. The summed E-state index contributed by atoms with van der Waals surface area (Å²) >= 11 is 9.42. The molecule has 3 nitrogen and oxygen atoms in total. The average molecular weight is 382 g/mol. The highest BCUT2D eigenvalue weighted by Gasteiger charge is 2.15. The van der Waals surface area contributed by atoms with E-state index in [4.69, 9.17) is 11.6 Å². The molecule has 1 aliphatic heterocycles. The molecule has 2 rings (SSSR count). The van der Waals surface area contributed by atoms with Crippen LogP contribution in [0.1, 0.15) is 29.6 Å². The Morgan fingerprint density at radius 1 is 1.50 bits per heavy atom. The van der Waals surface area contributed by atoms with Crippen LogP contribution in [0.25, 0.3) is 0 Å². The number of halogens is 3. The fourth-order valence-corrected chi connectivity index (χ4v) is 2.91. The Kier molecular flexibility index (Phi) is 7.88. The maximum Gasteiger partial charge on any atom is 0.252 e. The van der Waals surface area contributed by atoms with Gasteiger partial charge in [-0.3, -0.25) is 4.79 Å². The van der Waals surface area contributed by atoms with Gasteiger partial charge >= 0.3 is 0 Å². The summed E-state index contributed by atoms with van der Waals surface area (Å²) < 4.78 is 0.748. The number of piperidine rings is 1. The molecule has 1 aliphatic rings. The second kappa shape index (κ2) is 8.88. The van der Waals surface area contributed by atoms with Gasteiger partial charge in [-0.05, 0) is 66.3 Å². The third-order valence-electron chi connectivity index (χ3n) is 3.43. The molecule has 1 atom stereocenters. The lowest BCUT2D eigenvalue weighted by Gasteiger charge is -2.22. The summed E-state index contributed by atoms with van der Waals surface area (Å²) in [6.45, 7) is 2.89. The van der Waals surface area contributed by atoms with Crippen molar-refractivity contribution < 1.29 is 4.79 Å². The van der Waals surface area contributed by atoms with Crippen LogP contribution < -0.4 is 10.6 Å². The summed E-state index contributed by atoms with van der Waals surface area (Å²) in [5.41, 5.74) is 0.526. The molecule has 6 heteroatoms. The maximum atomic E-state index is 12.0. The highest BCUT2D eigenvalue weighted by Crippen LogP contribution is 2.25. The number of carbonyl (C=O) groups excluding carboxylic acids is 1. The second-order valence-corrected chi connectivity index (χ2v) is 6.09. The first-order chi connectivity index (χ1) is 9.18. The molecule has 112 valence electrons. The third-order valence-corrected chi connectivity index (χ3v) is 4.73. The first kappa shape index (κ1) is 17.8. The summed E-state index contributed by atoms with van der Waals surface area (Å²) in [5, 5.41) is 6.80. The van der Waals surface area contributed by atoms with Crippen molar-refractivity contribution in [1.29, 1.82) is 0 Å². The van der Waals surface area contributed by atoms with E-state index in [9.17, 15) is 4.79 Å². The normalized spacial score (nSPS) is 18.2. The van der Waals surface area contributed by atoms with Crippen molar-refractivity contribution >= 4 is 45.8 Å². The van der Waals surface area contributed by atoms with Gasteiger partial charge in [0.05, 0.1) is 10.6 Å². The van der Waals surface area contributed by atoms with E-state index in [1.54, 1.807) is 6.07 Å². The number of nitrogens with one attached hydrogen (secondary N) is 2. The predicted molar refractivity (Wildman–Crippen MR) is 88.9 cm³/mol. The molecule has 0 saturated carbocycles. The third kappa shape index (κ3) is 4.92. The summed E-state index contributed by atoms with van der Waals surface area (Å²) in [7, 11) is 0. The van der Waals surface area contributed by atoms with E-state index in [1.807, 2.05) is 12.1 Å². The lowest BCUT2D eigenvalue weighted by atomic mass is 9.96. The van der Waals surface area contributed by atoms with Gasteiger partial charge in [-0.25, -0.2) is 0 Å². The molecule has 0 radical (unpaired) electrons. The first-order valence-electron chi connectivity index (χ1n) is 6.61. The molecule has 1 fully saturated rings. The molecule has 1 unspecified atom stereocenters. The van der Waals surface area contributed by atoms with Crippen LogP contribution in [0, 0.1) is 5.92 Å². The van der Waals surface area contributed by atoms with Gasteiger partial charge in [-0.1, -0.05) is 17.7 Å². The molecular formula is C14H19BrCl2N2O. The van der Waals surface area contributed by atoms with Crippen LogP contribution in [0.5, 0.6) is 0 Å². The molecule has 1 amide bonds. The summed E-state index contributed by atoms with van der Waals surface area (Å²) in [6, 6.07) is 5.38. The highest BCUT2D eigenvalue weighted by molar-refractivity contribution is 9.10. The summed E-state index contributed by atoms with van der Waals surface area (Å²) in [4.78, 5) is 12.0. The molecule has 1 saturated heterocycles. The van der Waals surface area contributed by atoms with E-state index < -0.39 is 0 Å². The first-order valence-corrected chi connectivity index (χ1v) is 7.78. The van der Waals surface area contributed by atoms with Gasteiger partial charge in [0.25, 0.3) is 5.91 Å². The van der Waals surface area contributed by atoms with Crippen molar-refractivity contribution in [3.8, 4) is 0 Å². The van der Waals surface area contributed by atoms with Crippen molar-refractivity contribution in [2.24, 2.45) is 5.92 Å². The van der Waals surface area contributed by atoms with Gasteiger partial charge in [0.1, 0.15) is 0 Å². The monoisotopic (exact) mass is 380 g/mol. The topological polar surface area (TPSA) is 41.1 Å². The van der Waals surface area contributed by atoms with Crippen LogP contribution in [0.15, 0.2) is 22.7 Å². The fourth-order valence-electron chi connectivity index (χ4n) is 2.33. The van der Waals surface area contributed by atoms with Gasteiger partial charge in [0, 0.05) is 11.0 Å². The number of hydrogen-bond acceptors (Lipinski definition) is 2. The molecular weight excluding hydrogens is 363 g/mol. The minimum absolute atomic E-state index is 0. The van der Waals surface area contributed by atoms with E-state index in [0.29, 0.717) is 23.0 Å². The SMILES string of the molecule is Cl.O=C(NCCC1CCCNC1)c1cccc(Br)c1Cl. The summed E-state index contributed by atoms with van der Waals surface area (Å²) in [6.07, 6.45) is 3.50. The molecule has 2 N–H and O–H groups in total. The van der Waals surface area contributed by atoms with E-state index in [-0.39, 0.29) is 18.3 Å². The largest absolute Gasteiger partial charge is 0.352 e. The number of rotatable bonds is 4. The smallest absolute Gasteiger partial charge is 0.252 e. The van der Waals surface area contributed by atoms with Crippen LogP contribution in [0.4, 0.5) is 0 Å². The quantitative estimate of drug-likeness (QED) is 0.835. The molecule has 0 spiro atoms. The van der Waals surface area contributed by atoms with E-state index in [2.05, 4.69) is 26.6 Å². The molecule has 1 heterocycles. The Bertz CT molecular complexity index is 451. The molecule has 0 aromatic heterocycles. The number of hydrogen-bond donors (Lipinski definition) is 2. The minimum atomic E-state index is -0.102. The van der Waals surface area contributed by atoms with Crippen LogP contribution in [-0.2, 0) is 0 Å². The fraction of sp³-hybridized carbons (Fsp3) is 0.500.